The first kappa shape index (κ1) is 13.5. The summed E-state index contributed by atoms with van der Waals surface area (Å²) < 4.78 is 10.0. The Morgan fingerprint density at radius 3 is 2.94 bits per heavy atom. The van der Waals surface area contributed by atoms with Crippen molar-refractivity contribution in [1.29, 1.82) is 0 Å². The topological polar surface area (TPSA) is 42.3 Å². The van der Waals surface area contributed by atoms with Crippen LogP contribution in [0.1, 0.15) is 39.5 Å². The fraction of sp³-hybridized carbons (Fsp3) is 0.846. The molecule has 1 rings (SSSR count). The summed E-state index contributed by atoms with van der Waals surface area (Å²) in [5, 5.41) is 9.21. The number of aliphatic hydroxyl groups excluding tert-OH is 1. The molecule has 2 N–H and O–H groups in total. The van der Waals surface area contributed by atoms with Crippen molar-refractivity contribution in [2.75, 3.05) is 13.7 Å². The van der Waals surface area contributed by atoms with E-state index >= 15 is 0 Å². The fourth-order valence-corrected chi connectivity index (χ4v) is 2.15. The van der Waals surface area contributed by atoms with Crippen molar-refractivity contribution in [2.45, 2.75) is 51.7 Å². The van der Waals surface area contributed by atoms with Gasteiger partial charge in [0.05, 0.1) is 12.5 Å². The molecule has 1 unspecified atom stereocenters. The number of hydrogen-bond donors (Lipinski definition) is 1. The summed E-state index contributed by atoms with van der Waals surface area (Å²) in [6, 6.07) is 0. The molecule has 0 spiro atoms. The van der Waals surface area contributed by atoms with E-state index in [9.17, 15) is 5.11 Å². The van der Waals surface area contributed by atoms with Gasteiger partial charge in [-0.15, -0.1) is 0 Å². The summed E-state index contributed by atoms with van der Waals surface area (Å²) in [6.45, 7) is 4.48. The zero-order chi connectivity index (χ0) is 12.0. The molecule has 0 saturated carbocycles. The third-order valence-electron chi connectivity index (χ3n) is 3.23. The largest absolute Gasteiger partial charge is 0.582 e. The smallest absolute Gasteiger partial charge is 0.228 e. The summed E-state index contributed by atoms with van der Waals surface area (Å²) >= 11 is 0. The molecular weight excluding hydrogens is 204 g/mol. The summed E-state index contributed by atoms with van der Waals surface area (Å²) in [4.78, 5) is 0. The summed E-state index contributed by atoms with van der Waals surface area (Å²) in [6.07, 6.45) is 6.54. The van der Waals surface area contributed by atoms with E-state index < -0.39 is 0 Å². The minimum absolute atomic E-state index is 0.0714. The van der Waals surface area contributed by atoms with Crippen LogP contribution in [0.5, 0.6) is 0 Å². The Morgan fingerprint density at radius 2 is 2.38 bits per heavy atom. The van der Waals surface area contributed by atoms with Gasteiger partial charge in [0, 0.05) is 19.6 Å². The average molecular weight is 229 g/mol. The lowest BCUT2D eigenvalue weighted by Gasteiger charge is -2.26. The average Bonchev–Trinajstić information content (AvgIpc) is 2.30. The van der Waals surface area contributed by atoms with Crippen LogP contribution in [0, 0.1) is 5.92 Å². The first-order valence-electron chi connectivity index (χ1n) is 6.26. The van der Waals surface area contributed by atoms with Crippen LogP contribution >= 0.6 is 0 Å². The van der Waals surface area contributed by atoms with Gasteiger partial charge >= 0.3 is 0 Å². The van der Waals surface area contributed by atoms with Gasteiger partial charge in [0.2, 0.25) is 11.9 Å². The van der Waals surface area contributed by atoms with Crippen LogP contribution in [0.15, 0.2) is 11.8 Å². The minimum atomic E-state index is 0.0714. The van der Waals surface area contributed by atoms with E-state index in [1.165, 1.54) is 0 Å². The van der Waals surface area contributed by atoms with Gasteiger partial charge in [-0.25, -0.2) is 0 Å². The zero-order valence-electron chi connectivity index (χ0n) is 10.6. The standard InChI is InChI=1S/C13H24O3/c1-4-5-12(9-14)16-11-7-6-10(2)13(8-11)15-3/h8,10,12-14H,4-7,9H2,1-3H3/p+1/t10-,12?,13+/m0/s1. The zero-order valence-corrected chi connectivity index (χ0v) is 10.6. The normalized spacial score (nSPS) is 27.4. The molecule has 0 aliphatic heterocycles. The van der Waals surface area contributed by atoms with Gasteiger partial charge in [-0.3, -0.25) is 0 Å². The number of hydrogen-bond acceptors (Lipinski definition) is 2. The molecule has 0 heterocycles. The number of rotatable bonds is 6. The van der Waals surface area contributed by atoms with Crippen LogP contribution in [-0.4, -0.2) is 35.8 Å². The Labute approximate surface area is 98.4 Å². The quantitative estimate of drug-likeness (QED) is 0.708. The van der Waals surface area contributed by atoms with E-state index in [1.807, 2.05) is 0 Å². The van der Waals surface area contributed by atoms with E-state index in [-0.39, 0.29) is 18.8 Å². The molecule has 94 valence electrons. The van der Waals surface area contributed by atoms with Gasteiger partial charge in [0.25, 0.3) is 0 Å². The van der Waals surface area contributed by atoms with Gasteiger partial charge in [-0.05, 0) is 18.8 Å². The number of methoxy groups -OCH3 is 1. The SMILES string of the molecule is CCCC(CO)[OH+]C1=C[C@@H](OC)[C@@H](C)CC1. The van der Waals surface area contributed by atoms with Crippen molar-refractivity contribution in [3.63, 3.8) is 0 Å². The van der Waals surface area contributed by atoms with Gasteiger partial charge in [0.1, 0.15) is 6.61 Å². The Balaban J connectivity index is 2.52. The van der Waals surface area contributed by atoms with Gasteiger partial charge in [-0.2, -0.15) is 0 Å². The molecule has 1 aliphatic rings. The molecule has 3 nitrogen and oxygen atoms in total. The van der Waals surface area contributed by atoms with Gasteiger partial charge in [-0.1, -0.05) is 13.8 Å². The summed E-state index contributed by atoms with van der Waals surface area (Å²) in [7, 11) is 1.75. The Kier molecular flexibility index (Phi) is 5.85. The van der Waals surface area contributed by atoms with Crippen LogP contribution in [0.3, 0.4) is 0 Å². The first-order valence-corrected chi connectivity index (χ1v) is 6.26. The number of allylic oxidation sites excluding steroid dienone is 1. The summed E-state index contributed by atoms with van der Waals surface area (Å²) in [5.74, 6) is 1.68. The Bertz CT molecular complexity index is 225. The first-order chi connectivity index (χ1) is 7.71. The lowest BCUT2D eigenvalue weighted by Crippen LogP contribution is -2.27. The predicted octanol–water partition coefficient (Wildman–Crippen LogP) is 2.00. The van der Waals surface area contributed by atoms with Crippen molar-refractivity contribution in [3.8, 4) is 0 Å². The monoisotopic (exact) mass is 229 g/mol. The highest BCUT2D eigenvalue weighted by Crippen LogP contribution is 2.26. The Hall–Kier alpha value is -0.540. The van der Waals surface area contributed by atoms with Crippen molar-refractivity contribution < 1.29 is 14.6 Å². The van der Waals surface area contributed by atoms with Crippen LogP contribution in [0.4, 0.5) is 0 Å². The minimum Gasteiger partial charge on any atom is -0.582 e. The molecule has 16 heavy (non-hydrogen) atoms. The molecule has 3 atom stereocenters. The second-order valence-corrected chi connectivity index (χ2v) is 4.63. The molecule has 0 bridgehead atoms. The lowest BCUT2D eigenvalue weighted by molar-refractivity contribution is -0.0869. The van der Waals surface area contributed by atoms with Crippen LogP contribution in [-0.2, 0) is 4.74 Å². The molecule has 0 amide bonds. The lowest BCUT2D eigenvalue weighted by atomic mass is 9.92. The van der Waals surface area contributed by atoms with E-state index in [2.05, 4.69) is 24.7 Å². The third-order valence-corrected chi connectivity index (χ3v) is 3.23. The Morgan fingerprint density at radius 1 is 1.62 bits per heavy atom. The maximum atomic E-state index is 9.21. The second-order valence-electron chi connectivity index (χ2n) is 4.63. The van der Waals surface area contributed by atoms with Crippen molar-refractivity contribution in [3.05, 3.63) is 11.8 Å². The van der Waals surface area contributed by atoms with E-state index in [0.29, 0.717) is 5.92 Å². The highest BCUT2D eigenvalue weighted by Gasteiger charge is 2.25. The maximum absolute atomic E-state index is 9.21. The van der Waals surface area contributed by atoms with E-state index in [1.54, 1.807) is 7.11 Å². The molecule has 0 fully saturated rings. The molecule has 0 aromatic heterocycles. The van der Waals surface area contributed by atoms with Crippen LogP contribution < -0.4 is 0 Å². The number of aliphatic hydroxyl groups is 3. The molecule has 0 aromatic rings. The van der Waals surface area contributed by atoms with Crippen molar-refractivity contribution in [2.24, 2.45) is 5.92 Å². The number of ether oxygens (including phenoxy) is 2. The van der Waals surface area contributed by atoms with Gasteiger partial charge < -0.3 is 14.6 Å². The molecule has 0 aromatic carbocycles. The van der Waals surface area contributed by atoms with Crippen molar-refractivity contribution in [1.82, 2.24) is 0 Å². The second kappa shape index (κ2) is 6.92. The summed E-state index contributed by atoms with van der Waals surface area (Å²) in [5.41, 5.74) is 0. The molecule has 1 aliphatic carbocycles. The van der Waals surface area contributed by atoms with E-state index in [0.717, 1.165) is 31.4 Å². The fourth-order valence-electron chi connectivity index (χ4n) is 2.15. The molecule has 3 heteroatoms. The van der Waals surface area contributed by atoms with Crippen LogP contribution in [0.25, 0.3) is 0 Å². The highest BCUT2D eigenvalue weighted by atomic mass is 16.5. The third kappa shape index (κ3) is 3.80. The molecule has 0 saturated heterocycles. The highest BCUT2D eigenvalue weighted by molar-refractivity contribution is 5.04. The van der Waals surface area contributed by atoms with Gasteiger partial charge in [0.15, 0.2) is 0 Å². The van der Waals surface area contributed by atoms with Crippen LogP contribution in [0.2, 0.25) is 0 Å². The van der Waals surface area contributed by atoms with E-state index in [4.69, 9.17) is 4.74 Å². The molecule has 0 radical (unpaired) electrons. The predicted molar refractivity (Wildman–Crippen MR) is 65.3 cm³/mol. The molecular formula is C13H25O3+. The van der Waals surface area contributed by atoms with Crippen molar-refractivity contribution >= 4 is 0 Å². The maximum Gasteiger partial charge on any atom is 0.228 e.